The molecule has 0 fully saturated rings. The number of pyridine rings is 2. The van der Waals surface area contributed by atoms with Crippen molar-refractivity contribution in [3.63, 3.8) is 0 Å². The van der Waals surface area contributed by atoms with Gasteiger partial charge in [-0.1, -0.05) is 97.1 Å². The van der Waals surface area contributed by atoms with Gasteiger partial charge in [-0.15, -0.1) is 0 Å². The van der Waals surface area contributed by atoms with E-state index in [9.17, 15) is 0 Å². The summed E-state index contributed by atoms with van der Waals surface area (Å²) >= 11 is 0. The third-order valence-corrected chi connectivity index (χ3v) is 6.66. The van der Waals surface area contributed by atoms with Crippen LogP contribution in [0.15, 0.2) is 109 Å². The van der Waals surface area contributed by atoms with Gasteiger partial charge in [0.2, 0.25) is 0 Å². The van der Waals surface area contributed by atoms with Gasteiger partial charge >= 0.3 is 0 Å². The van der Waals surface area contributed by atoms with E-state index in [1.807, 2.05) is 18.3 Å². The van der Waals surface area contributed by atoms with Crippen LogP contribution in [-0.2, 0) is 0 Å². The van der Waals surface area contributed by atoms with Crippen molar-refractivity contribution < 1.29 is 0 Å². The molecule has 0 N–H and O–H groups in total. The van der Waals surface area contributed by atoms with Gasteiger partial charge in [0.1, 0.15) is 0 Å². The molecule has 0 bridgehead atoms. The largest absolute Gasteiger partial charge is 0.254 e. The second kappa shape index (κ2) is 8.24. The summed E-state index contributed by atoms with van der Waals surface area (Å²) in [4.78, 5) is 10.1. The summed E-state index contributed by atoms with van der Waals surface area (Å²) in [6, 6.07) is 36.1. The molecule has 0 aliphatic carbocycles. The predicted octanol–water partition coefficient (Wildman–Crippen LogP) is 8.40. The Hall–Kier alpha value is -4.30. The molecular formula is C32H24N2. The molecule has 0 radical (unpaired) electrons. The van der Waals surface area contributed by atoms with Gasteiger partial charge in [-0.3, -0.25) is 4.98 Å². The van der Waals surface area contributed by atoms with Crippen LogP contribution in [-0.4, -0.2) is 9.97 Å². The van der Waals surface area contributed by atoms with E-state index in [0.717, 1.165) is 33.1 Å². The third kappa shape index (κ3) is 3.27. The Morgan fingerprint density at radius 2 is 1.18 bits per heavy atom. The zero-order valence-electron chi connectivity index (χ0n) is 19.3. The molecule has 6 rings (SSSR count). The number of hydrogen-bond donors (Lipinski definition) is 0. The Morgan fingerprint density at radius 3 is 1.91 bits per heavy atom. The molecule has 0 saturated carbocycles. The van der Waals surface area contributed by atoms with Gasteiger partial charge in [0, 0.05) is 22.5 Å². The second-order valence-corrected chi connectivity index (χ2v) is 8.72. The molecule has 2 aromatic heterocycles. The lowest BCUT2D eigenvalue weighted by atomic mass is 9.89. The summed E-state index contributed by atoms with van der Waals surface area (Å²) in [5.74, 6) is 0. The Labute approximate surface area is 199 Å². The summed E-state index contributed by atoms with van der Waals surface area (Å²) < 4.78 is 0. The maximum atomic E-state index is 5.26. The standard InChI is InChI=1S/C32H24N2/c1-21-11-9-10-16-25(21)29-22(2)30(24-14-7-4-8-15-24)34-32-28(29)18-17-27-26(19-20-33-31(27)32)23-12-5-3-6-13-23/h3-20H,1-2H3. The monoisotopic (exact) mass is 436 g/mol. The maximum absolute atomic E-state index is 5.26. The average Bonchev–Trinajstić information content (AvgIpc) is 2.89. The van der Waals surface area contributed by atoms with Crippen molar-refractivity contribution in [1.82, 2.24) is 9.97 Å². The zero-order chi connectivity index (χ0) is 23.1. The molecule has 0 saturated heterocycles. The van der Waals surface area contributed by atoms with Crippen LogP contribution in [0.2, 0.25) is 0 Å². The molecular weight excluding hydrogens is 412 g/mol. The van der Waals surface area contributed by atoms with Crippen LogP contribution in [0.5, 0.6) is 0 Å². The van der Waals surface area contributed by atoms with E-state index in [0.29, 0.717) is 0 Å². The zero-order valence-corrected chi connectivity index (χ0v) is 19.3. The van der Waals surface area contributed by atoms with Crippen molar-refractivity contribution >= 4 is 21.8 Å². The molecule has 6 aromatic rings. The highest BCUT2D eigenvalue weighted by molar-refractivity contribution is 6.13. The third-order valence-electron chi connectivity index (χ3n) is 6.66. The van der Waals surface area contributed by atoms with Gasteiger partial charge < -0.3 is 0 Å². The molecule has 0 atom stereocenters. The van der Waals surface area contributed by atoms with E-state index in [2.05, 4.69) is 105 Å². The van der Waals surface area contributed by atoms with Gasteiger partial charge in [-0.2, -0.15) is 0 Å². The minimum Gasteiger partial charge on any atom is -0.254 e. The number of nitrogens with zero attached hydrogens (tertiary/aromatic N) is 2. The molecule has 162 valence electrons. The van der Waals surface area contributed by atoms with Crippen LogP contribution >= 0.6 is 0 Å². The lowest BCUT2D eigenvalue weighted by molar-refractivity contribution is 1.31. The first-order chi connectivity index (χ1) is 16.7. The van der Waals surface area contributed by atoms with Gasteiger partial charge in [0.25, 0.3) is 0 Å². The fourth-order valence-corrected chi connectivity index (χ4v) is 4.98. The smallest absolute Gasteiger partial charge is 0.0978 e. The highest BCUT2D eigenvalue weighted by Gasteiger charge is 2.19. The number of fused-ring (bicyclic) bond motifs is 3. The molecule has 0 aliphatic rings. The number of benzene rings is 4. The average molecular weight is 437 g/mol. The molecule has 0 spiro atoms. The summed E-state index contributed by atoms with van der Waals surface area (Å²) in [6.07, 6.45) is 1.90. The maximum Gasteiger partial charge on any atom is 0.0978 e. The predicted molar refractivity (Wildman–Crippen MR) is 143 cm³/mol. The SMILES string of the molecule is Cc1ccccc1-c1c(C)c(-c2ccccc2)nc2c1ccc1c(-c3ccccc3)ccnc12. The first kappa shape index (κ1) is 20.3. The van der Waals surface area contributed by atoms with Crippen molar-refractivity contribution in [2.45, 2.75) is 13.8 Å². The van der Waals surface area contributed by atoms with Crippen LogP contribution in [0.4, 0.5) is 0 Å². The molecule has 2 nitrogen and oxygen atoms in total. The minimum atomic E-state index is 0.936. The van der Waals surface area contributed by atoms with E-state index in [-0.39, 0.29) is 0 Å². The normalized spacial score (nSPS) is 11.2. The van der Waals surface area contributed by atoms with E-state index in [4.69, 9.17) is 9.97 Å². The van der Waals surface area contributed by atoms with Gasteiger partial charge in [0.05, 0.1) is 16.7 Å². The quantitative estimate of drug-likeness (QED) is 0.260. The molecule has 0 amide bonds. The summed E-state index contributed by atoms with van der Waals surface area (Å²) in [6.45, 7) is 4.37. The molecule has 2 heteroatoms. The molecule has 0 aliphatic heterocycles. The van der Waals surface area contributed by atoms with E-state index < -0.39 is 0 Å². The van der Waals surface area contributed by atoms with E-state index in [1.54, 1.807) is 0 Å². The minimum absolute atomic E-state index is 0.936. The van der Waals surface area contributed by atoms with Crippen molar-refractivity contribution in [2.24, 2.45) is 0 Å². The second-order valence-electron chi connectivity index (χ2n) is 8.72. The topological polar surface area (TPSA) is 25.8 Å². The van der Waals surface area contributed by atoms with E-state index in [1.165, 1.54) is 33.4 Å². The molecule has 4 aromatic carbocycles. The van der Waals surface area contributed by atoms with Crippen LogP contribution in [0.25, 0.3) is 55.3 Å². The summed E-state index contributed by atoms with van der Waals surface area (Å²) in [7, 11) is 0. The fourth-order valence-electron chi connectivity index (χ4n) is 4.98. The Balaban J connectivity index is 1.76. The van der Waals surface area contributed by atoms with Crippen molar-refractivity contribution in [2.75, 3.05) is 0 Å². The number of aromatic nitrogens is 2. The highest BCUT2D eigenvalue weighted by atomic mass is 14.8. The Kier molecular flexibility index (Phi) is 4.92. The molecule has 2 heterocycles. The summed E-state index contributed by atoms with van der Waals surface area (Å²) in [5.41, 5.74) is 11.3. The lowest BCUT2D eigenvalue weighted by Crippen LogP contribution is -1.98. The Morgan fingerprint density at radius 1 is 0.529 bits per heavy atom. The van der Waals surface area contributed by atoms with Crippen molar-refractivity contribution in [3.05, 3.63) is 120 Å². The van der Waals surface area contributed by atoms with Gasteiger partial charge in [0.15, 0.2) is 0 Å². The molecule has 0 unspecified atom stereocenters. The van der Waals surface area contributed by atoms with Crippen molar-refractivity contribution in [1.29, 1.82) is 0 Å². The number of aryl methyl sites for hydroxylation is 1. The first-order valence-electron chi connectivity index (χ1n) is 11.6. The van der Waals surface area contributed by atoms with Crippen molar-refractivity contribution in [3.8, 4) is 33.5 Å². The first-order valence-corrected chi connectivity index (χ1v) is 11.6. The van der Waals surface area contributed by atoms with Crippen LogP contribution in [0.3, 0.4) is 0 Å². The molecule has 34 heavy (non-hydrogen) atoms. The van der Waals surface area contributed by atoms with Crippen LogP contribution in [0, 0.1) is 13.8 Å². The van der Waals surface area contributed by atoms with Gasteiger partial charge in [-0.05, 0) is 53.3 Å². The lowest BCUT2D eigenvalue weighted by Gasteiger charge is -2.18. The van der Waals surface area contributed by atoms with Crippen LogP contribution < -0.4 is 0 Å². The van der Waals surface area contributed by atoms with Crippen LogP contribution in [0.1, 0.15) is 11.1 Å². The summed E-state index contributed by atoms with van der Waals surface area (Å²) in [5, 5.41) is 2.25. The highest BCUT2D eigenvalue weighted by Crippen LogP contribution is 2.40. The van der Waals surface area contributed by atoms with E-state index >= 15 is 0 Å². The fraction of sp³-hybridized carbons (Fsp3) is 0.0625. The number of hydrogen-bond acceptors (Lipinski definition) is 2. The van der Waals surface area contributed by atoms with Gasteiger partial charge in [-0.25, -0.2) is 4.98 Å². The Bertz CT molecular complexity index is 1650. The number of rotatable bonds is 3.